The van der Waals surface area contributed by atoms with E-state index in [1.807, 2.05) is 13.8 Å². The van der Waals surface area contributed by atoms with Crippen molar-refractivity contribution >= 4 is 11.6 Å². The lowest BCUT2D eigenvalue weighted by molar-refractivity contribution is 0.322. The van der Waals surface area contributed by atoms with Crippen molar-refractivity contribution < 1.29 is 4.74 Å². The first kappa shape index (κ1) is 12.2. The van der Waals surface area contributed by atoms with Gasteiger partial charge in [0, 0.05) is 17.4 Å². The molecule has 3 nitrogen and oxygen atoms in total. The highest BCUT2D eigenvalue weighted by molar-refractivity contribution is 6.20. The molecule has 0 spiro atoms. The van der Waals surface area contributed by atoms with Gasteiger partial charge in [-0.3, -0.25) is 0 Å². The van der Waals surface area contributed by atoms with Crippen LogP contribution in [-0.4, -0.2) is 22.0 Å². The second-order valence-electron chi connectivity index (χ2n) is 3.39. The molecule has 0 saturated heterocycles. The van der Waals surface area contributed by atoms with Crippen LogP contribution >= 0.6 is 11.6 Å². The van der Waals surface area contributed by atoms with Crippen LogP contribution in [0, 0.1) is 6.92 Å². The quantitative estimate of drug-likeness (QED) is 0.727. The molecule has 15 heavy (non-hydrogen) atoms. The van der Waals surface area contributed by atoms with E-state index in [0.717, 1.165) is 24.1 Å². The Bertz CT molecular complexity index is 317. The zero-order chi connectivity index (χ0) is 11.3. The normalized spacial score (nSPS) is 12.5. The van der Waals surface area contributed by atoms with Gasteiger partial charge in [0.25, 0.3) is 0 Å². The summed E-state index contributed by atoms with van der Waals surface area (Å²) >= 11 is 6.10. The average molecular weight is 229 g/mol. The summed E-state index contributed by atoms with van der Waals surface area (Å²) in [5.74, 6) is 0.669. The van der Waals surface area contributed by atoms with Gasteiger partial charge in [-0.25, -0.2) is 9.97 Å². The molecule has 4 heteroatoms. The standard InChI is InChI=1S/C11H17ClN2O/c1-4-9(12)6-10-8(3)11(15-5-2)14-7-13-10/h7,9H,4-6H2,1-3H3. The van der Waals surface area contributed by atoms with E-state index in [1.165, 1.54) is 6.33 Å². The number of ether oxygens (including phenoxy) is 1. The number of rotatable bonds is 5. The zero-order valence-corrected chi connectivity index (χ0v) is 10.2. The molecule has 1 aromatic rings. The fourth-order valence-electron chi connectivity index (χ4n) is 1.31. The molecule has 0 N–H and O–H groups in total. The predicted molar refractivity (Wildman–Crippen MR) is 61.6 cm³/mol. The van der Waals surface area contributed by atoms with E-state index < -0.39 is 0 Å². The molecule has 0 aliphatic carbocycles. The Labute approximate surface area is 95.8 Å². The van der Waals surface area contributed by atoms with Crippen LogP contribution in [-0.2, 0) is 6.42 Å². The molecule has 1 aromatic heterocycles. The van der Waals surface area contributed by atoms with Crippen molar-refractivity contribution in [2.75, 3.05) is 6.61 Å². The van der Waals surface area contributed by atoms with Gasteiger partial charge in [0.15, 0.2) is 0 Å². The molecule has 0 saturated carbocycles. The Morgan fingerprint density at radius 1 is 1.40 bits per heavy atom. The van der Waals surface area contributed by atoms with Crippen molar-refractivity contribution in [3.05, 3.63) is 17.6 Å². The molecule has 0 aliphatic rings. The maximum Gasteiger partial charge on any atom is 0.219 e. The molecule has 1 rings (SSSR count). The van der Waals surface area contributed by atoms with Gasteiger partial charge >= 0.3 is 0 Å². The van der Waals surface area contributed by atoms with Gasteiger partial charge in [-0.15, -0.1) is 11.6 Å². The molecule has 0 fully saturated rings. The fraction of sp³-hybridized carbons (Fsp3) is 0.636. The van der Waals surface area contributed by atoms with E-state index in [9.17, 15) is 0 Å². The predicted octanol–water partition coefficient (Wildman–Crippen LogP) is 2.74. The average Bonchev–Trinajstić information content (AvgIpc) is 2.24. The lowest BCUT2D eigenvalue weighted by Gasteiger charge is -2.11. The number of aromatic nitrogens is 2. The van der Waals surface area contributed by atoms with Crippen LogP contribution in [0.5, 0.6) is 5.88 Å². The lowest BCUT2D eigenvalue weighted by atomic mass is 10.1. The largest absolute Gasteiger partial charge is 0.478 e. The van der Waals surface area contributed by atoms with Crippen LogP contribution in [0.2, 0.25) is 0 Å². The highest BCUT2D eigenvalue weighted by atomic mass is 35.5. The molecular formula is C11H17ClN2O. The maximum absolute atomic E-state index is 6.10. The first-order valence-electron chi connectivity index (χ1n) is 5.26. The van der Waals surface area contributed by atoms with Crippen LogP contribution in [0.25, 0.3) is 0 Å². The van der Waals surface area contributed by atoms with E-state index in [0.29, 0.717) is 12.5 Å². The second kappa shape index (κ2) is 5.91. The van der Waals surface area contributed by atoms with E-state index in [1.54, 1.807) is 0 Å². The van der Waals surface area contributed by atoms with Crippen molar-refractivity contribution in [2.24, 2.45) is 0 Å². The summed E-state index contributed by atoms with van der Waals surface area (Å²) in [6.45, 7) is 6.60. The summed E-state index contributed by atoms with van der Waals surface area (Å²) < 4.78 is 5.40. The number of hydrogen-bond donors (Lipinski definition) is 0. The molecule has 0 bridgehead atoms. The Morgan fingerprint density at radius 3 is 2.73 bits per heavy atom. The minimum atomic E-state index is 0.132. The third-order valence-electron chi connectivity index (χ3n) is 2.28. The summed E-state index contributed by atoms with van der Waals surface area (Å²) in [4.78, 5) is 8.32. The van der Waals surface area contributed by atoms with Crippen LogP contribution in [0.15, 0.2) is 6.33 Å². The summed E-state index contributed by atoms with van der Waals surface area (Å²) in [7, 11) is 0. The Hall–Kier alpha value is -0.830. The Kier molecular flexibility index (Phi) is 4.82. The van der Waals surface area contributed by atoms with Crippen molar-refractivity contribution in [1.29, 1.82) is 0 Å². The van der Waals surface area contributed by atoms with Crippen molar-refractivity contribution in [1.82, 2.24) is 9.97 Å². The van der Waals surface area contributed by atoms with Gasteiger partial charge < -0.3 is 4.74 Å². The van der Waals surface area contributed by atoms with Crippen molar-refractivity contribution in [3.63, 3.8) is 0 Å². The smallest absolute Gasteiger partial charge is 0.219 e. The Morgan fingerprint density at radius 2 is 2.13 bits per heavy atom. The number of hydrogen-bond acceptors (Lipinski definition) is 3. The van der Waals surface area contributed by atoms with Crippen LogP contribution in [0.1, 0.15) is 31.5 Å². The van der Waals surface area contributed by atoms with E-state index in [4.69, 9.17) is 16.3 Å². The fourth-order valence-corrected chi connectivity index (χ4v) is 1.46. The highest BCUT2D eigenvalue weighted by Crippen LogP contribution is 2.19. The number of halogens is 1. The zero-order valence-electron chi connectivity index (χ0n) is 9.46. The molecule has 1 unspecified atom stereocenters. The number of nitrogens with zero attached hydrogens (tertiary/aromatic N) is 2. The van der Waals surface area contributed by atoms with Crippen LogP contribution in [0.4, 0.5) is 0 Å². The molecule has 0 aliphatic heterocycles. The first-order valence-corrected chi connectivity index (χ1v) is 5.70. The third kappa shape index (κ3) is 3.34. The van der Waals surface area contributed by atoms with E-state index in [-0.39, 0.29) is 5.38 Å². The molecule has 84 valence electrons. The first-order chi connectivity index (χ1) is 7.19. The number of alkyl halides is 1. The molecule has 1 heterocycles. The molecule has 1 atom stereocenters. The Balaban J connectivity index is 2.84. The molecular weight excluding hydrogens is 212 g/mol. The van der Waals surface area contributed by atoms with E-state index in [2.05, 4.69) is 16.9 Å². The second-order valence-corrected chi connectivity index (χ2v) is 4.01. The van der Waals surface area contributed by atoms with Gasteiger partial charge in [-0.05, 0) is 20.3 Å². The summed E-state index contributed by atoms with van der Waals surface area (Å²) in [6.07, 6.45) is 3.24. The lowest BCUT2D eigenvalue weighted by Crippen LogP contribution is -2.08. The monoisotopic (exact) mass is 228 g/mol. The maximum atomic E-state index is 6.10. The SMILES string of the molecule is CCOc1ncnc(CC(Cl)CC)c1C. The molecule has 0 radical (unpaired) electrons. The summed E-state index contributed by atoms with van der Waals surface area (Å²) in [5.41, 5.74) is 1.98. The summed E-state index contributed by atoms with van der Waals surface area (Å²) in [6, 6.07) is 0. The molecule has 0 aromatic carbocycles. The van der Waals surface area contributed by atoms with Gasteiger partial charge in [0.05, 0.1) is 12.3 Å². The van der Waals surface area contributed by atoms with Gasteiger partial charge in [-0.1, -0.05) is 6.92 Å². The van der Waals surface area contributed by atoms with Crippen molar-refractivity contribution in [2.45, 2.75) is 39.0 Å². The minimum absolute atomic E-state index is 0.132. The van der Waals surface area contributed by atoms with E-state index >= 15 is 0 Å². The highest BCUT2D eigenvalue weighted by Gasteiger charge is 2.11. The minimum Gasteiger partial charge on any atom is -0.478 e. The van der Waals surface area contributed by atoms with Gasteiger partial charge in [-0.2, -0.15) is 0 Å². The van der Waals surface area contributed by atoms with Crippen LogP contribution in [0.3, 0.4) is 0 Å². The van der Waals surface area contributed by atoms with Gasteiger partial charge in [0.2, 0.25) is 5.88 Å². The van der Waals surface area contributed by atoms with Crippen molar-refractivity contribution in [3.8, 4) is 5.88 Å². The summed E-state index contributed by atoms with van der Waals surface area (Å²) in [5, 5.41) is 0.132. The van der Waals surface area contributed by atoms with Crippen LogP contribution < -0.4 is 4.74 Å². The third-order valence-corrected chi connectivity index (χ3v) is 2.74. The molecule has 0 amide bonds. The topological polar surface area (TPSA) is 35.0 Å². The van der Waals surface area contributed by atoms with Gasteiger partial charge in [0.1, 0.15) is 6.33 Å².